The van der Waals surface area contributed by atoms with Crippen LogP contribution in [0.5, 0.6) is 17.2 Å². The van der Waals surface area contributed by atoms with Gasteiger partial charge in [-0.2, -0.15) is 0 Å². The molecule has 0 aliphatic carbocycles. The molecule has 11 heteroatoms. The topological polar surface area (TPSA) is 132 Å². The molecule has 0 aromatic heterocycles. The molecular weight excluding hydrogens is 546 g/mol. The number of ether oxygens (including phenoxy) is 3. The van der Waals surface area contributed by atoms with Gasteiger partial charge in [0.25, 0.3) is 11.8 Å². The molecule has 0 heterocycles. The summed E-state index contributed by atoms with van der Waals surface area (Å²) < 4.78 is 16.5. The Morgan fingerprint density at radius 1 is 0.730 bits per heavy atom. The Balaban J connectivity index is 1.32. The zero-order valence-electron chi connectivity index (χ0n) is 19.8. The highest BCUT2D eigenvalue weighted by atomic mass is 79.9. The Kier molecular flexibility index (Phi) is 10.0. The molecule has 3 amide bonds. The standard InChI is InChI=1S/C26H24BrN3O7/c1-35-20-10-12-22(13-11-20)37-21-8-6-19(7-9-21)28-23(31)14-15-25(33)36-16-24(32)29-30-26(34)17-2-4-18(27)5-3-17/h2-13H,14-16H2,1H3,(H,28,31)(H,29,32)(H,30,34). The van der Waals surface area contributed by atoms with Crippen LogP contribution >= 0.6 is 15.9 Å². The lowest BCUT2D eigenvalue weighted by Gasteiger charge is -2.09. The van der Waals surface area contributed by atoms with Gasteiger partial charge in [0.05, 0.1) is 13.5 Å². The monoisotopic (exact) mass is 569 g/mol. The van der Waals surface area contributed by atoms with Crippen LogP contribution in [0.1, 0.15) is 23.2 Å². The van der Waals surface area contributed by atoms with Crippen LogP contribution in [0.25, 0.3) is 0 Å². The van der Waals surface area contributed by atoms with Gasteiger partial charge in [0, 0.05) is 22.1 Å². The van der Waals surface area contributed by atoms with E-state index in [-0.39, 0.29) is 12.8 Å². The molecule has 0 aliphatic heterocycles. The van der Waals surface area contributed by atoms with Crippen LogP contribution in [0.3, 0.4) is 0 Å². The molecule has 3 aromatic carbocycles. The summed E-state index contributed by atoms with van der Waals surface area (Å²) in [5, 5.41) is 2.67. The van der Waals surface area contributed by atoms with Gasteiger partial charge in [-0.25, -0.2) is 0 Å². The van der Waals surface area contributed by atoms with E-state index in [9.17, 15) is 19.2 Å². The average Bonchev–Trinajstić information content (AvgIpc) is 2.91. The molecule has 0 saturated heterocycles. The zero-order chi connectivity index (χ0) is 26.6. The molecule has 0 bridgehead atoms. The maximum absolute atomic E-state index is 12.1. The maximum atomic E-state index is 12.1. The Morgan fingerprint density at radius 2 is 1.32 bits per heavy atom. The summed E-state index contributed by atoms with van der Waals surface area (Å²) in [6.45, 7) is -0.600. The van der Waals surface area contributed by atoms with Crippen molar-refractivity contribution >= 4 is 45.3 Å². The van der Waals surface area contributed by atoms with Crippen molar-refractivity contribution < 1.29 is 33.4 Å². The summed E-state index contributed by atoms with van der Waals surface area (Å²) in [7, 11) is 1.58. The lowest BCUT2D eigenvalue weighted by molar-refractivity contribution is -0.149. The van der Waals surface area contributed by atoms with Crippen LogP contribution in [-0.4, -0.2) is 37.4 Å². The lowest BCUT2D eigenvalue weighted by atomic mass is 10.2. The first-order chi connectivity index (χ1) is 17.8. The Labute approximate surface area is 221 Å². The quantitative estimate of drug-likeness (QED) is 0.248. The normalized spacial score (nSPS) is 10.1. The van der Waals surface area contributed by atoms with Gasteiger partial charge >= 0.3 is 5.97 Å². The fourth-order valence-corrected chi connectivity index (χ4v) is 3.14. The smallest absolute Gasteiger partial charge is 0.306 e. The number of nitrogens with one attached hydrogen (secondary N) is 3. The van der Waals surface area contributed by atoms with Crippen molar-refractivity contribution in [3.63, 3.8) is 0 Å². The van der Waals surface area contributed by atoms with Crippen molar-refractivity contribution in [2.75, 3.05) is 19.0 Å². The number of carbonyl (C=O) groups excluding carboxylic acids is 4. The molecule has 3 rings (SSSR count). The van der Waals surface area contributed by atoms with Gasteiger partial charge in [0.15, 0.2) is 6.61 Å². The predicted octanol–water partition coefficient (Wildman–Crippen LogP) is 3.97. The van der Waals surface area contributed by atoms with Crippen molar-refractivity contribution in [3.05, 3.63) is 82.8 Å². The SMILES string of the molecule is COc1ccc(Oc2ccc(NC(=O)CCC(=O)OCC(=O)NNC(=O)c3ccc(Br)cc3)cc2)cc1. The minimum absolute atomic E-state index is 0.134. The summed E-state index contributed by atoms with van der Waals surface area (Å²) in [6.07, 6.45) is -0.353. The molecule has 192 valence electrons. The van der Waals surface area contributed by atoms with Gasteiger partial charge < -0.3 is 19.5 Å². The Bertz CT molecular complexity index is 1230. The van der Waals surface area contributed by atoms with E-state index in [1.807, 2.05) is 0 Å². The molecule has 10 nitrogen and oxygen atoms in total. The molecule has 0 spiro atoms. The highest BCUT2D eigenvalue weighted by Gasteiger charge is 2.12. The van der Waals surface area contributed by atoms with Crippen LogP contribution in [0.4, 0.5) is 5.69 Å². The van der Waals surface area contributed by atoms with Crippen molar-refractivity contribution in [2.45, 2.75) is 12.8 Å². The van der Waals surface area contributed by atoms with Gasteiger partial charge in [-0.3, -0.25) is 30.0 Å². The summed E-state index contributed by atoms with van der Waals surface area (Å²) in [5.74, 6) is -0.433. The fourth-order valence-electron chi connectivity index (χ4n) is 2.88. The number of rotatable bonds is 10. The second-order valence-electron chi connectivity index (χ2n) is 7.52. The van der Waals surface area contributed by atoms with Gasteiger partial charge in [-0.1, -0.05) is 15.9 Å². The first-order valence-corrected chi connectivity index (χ1v) is 11.8. The minimum Gasteiger partial charge on any atom is -0.497 e. The molecule has 0 aliphatic rings. The maximum Gasteiger partial charge on any atom is 0.306 e. The van der Waals surface area contributed by atoms with Gasteiger partial charge in [-0.15, -0.1) is 0 Å². The van der Waals surface area contributed by atoms with Crippen molar-refractivity contribution in [1.29, 1.82) is 0 Å². The molecule has 0 atom stereocenters. The number of methoxy groups -OCH3 is 1. The first kappa shape index (κ1) is 27.2. The summed E-state index contributed by atoms with van der Waals surface area (Å²) >= 11 is 3.26. The number of anilines is 1. The van der Waals surface area contributed by atoms with Gasteiger partial charge in [0.1, 0.15) is 17.2 Å². The first-order valence-electron chi connectivity index (χ1n) is 11.0. The van der Waals surface area contributed by atoms with Crippen LogP contribution in [0, 0.1) is 0 Å². The molecule has 0 unspecified atom stereocenters. The van der Waals surface area contributed by atoms with E-state index >= 15 is 0 Å². The second-order valence-corrected chi connectivity index (χ2v) is 8.44. The average molecular weight is 570 g/mol. The predicted molar refractivity (Wildman–Crippen MR) is 138 cm³/mol. The number of hydrogen-bond acceptors (Lipinski definition) is 7. The van der Waals surface area contributed by atoms with Crippen LogP contribution in [0.2, 0.25) is 0 Å². The van der Waals surface area contributed by atoms with Crippen LogP contribution in [0.15, 0.2) is 77.3 Å². The summed E-state index contributed by atoms with van der Waals surface area (Å²) in [5.41, 5.74) is 5.24. The van der Waals surface area contributed by atoms with Crippen molar-refractivity contribution in [2.24, 2.45) is 0 Å². The van der Waals surface area contributed by atoms with E-state index in [1.54, 1.807) is 79.9 Å². The molecule has 0 saturated carbocycles. The molecule has 3 N–H and O–H groups in total. The highest BCUT2D eigenvalue weighted by molar-refractivity contribution is 9.10. The number of amides is 3. The molecule has 0 fully saturated rings. The minimum atomic E-state index is -0.729. The van der Waals surface area contributed by atoms with Crippen molar-refractivity contribution in [3.8, 4) is 17.2 Å². The third-order valence-electron chi connectivity index (χ3n) is 4.78. The van der Waals surface area contributed by atoms with Crippen LogP contribution in [-0.2, 0) is 19.1 Å². The Morgan fingerprint density at radius 3 is 1.95 bits per heavy atom. The number of benzene rings is 3. The highest BCUT2D eigenvalue weighted by Crippen LogP contribution is 2.25. The zero-order valence-corrected chi connectivity index (χ0v) is 21.4. The van der Waals surface area contributed by atoms with Gasteiger partial charge in [-0.05, 0) is 72.8 Å². The Hall–Kier alpha value is -4.38. The molecular formula is C26H24BrN3O7. The number of esters is 1. The van der Waals surface area contributed by atoms with E-state index in [0.717, 1.165) is 10.2 Å². The van der Waals surface area contributed by atoms with Crippen LogP contribution < -0.4 is 25.6 Å². The number of halogens is 1. The van der Waals surface area contributed by atoms with Gasteiger partial charge in [0.2, 0.25) is 5.91 Å². The third-order valence-corrected chi connectivity index (χ3v) is 5.30. The second kappa shape index (κ2) is 13.6. The van der Waals surface area contributed by atoms with Crippen molar-refractivity contribution in [1.82, 2.24) is 10.9 Å². The number of carbonyl (C=O) groups is 4. The molecule has 0 radical (unpaired) electrons. The number of hydrazine groups is 1. The fraction of sp³-hybridized carbons (Fsp3) is 0.154. The molecule has 37 heavy (non-hydrogen) atoms. The summed E-state index contributed by atoms with van der Waals surface area (Å²) in [4.78, 5) is 47.7. The van der Waals surface area contributed by atoms with E-state index in [1.165, 1.54) is 0 Å². The van der Waals surface area contributed by atoms with E-state index in [0.29, 0.717) is 22.7 Å². The summed E-state index contributed by atoms with van der Waals surface area (Å²) in [6, 6.07) is 20.4. The largest absolute Gasteiger partial charge is 0.497 e. The van der Waals surface area contributed by atoms with E-state index in [2.05, 4.69) is 32.1 Å². The van der Waals surface area contributed by atoms with E-state index in [4.69, 9.17) is 14.2 Å². The molecule has 3 aromatic rings. The van der Waals surface area contributed by atoms with E-state index < -0.39 is 30.3 Å². The third kappa shape index (κ3) is 9.30. The lowest BCUT2D eigenvalue weighted by Crippen LogP contribution is -2.43. The number of hydrogen-bond donors (Lipinski definition) is 3.